The van der Waals surface area contributed by atoms with Crippen molar-refractivity contribution in [2.24, 2.45) is 5.10 Å². The maximum Gasteiger partial charge on any atom is 0.264 e. The fraction of sp³-hybridized carbons (Fsp3) is 0.200. The smallest absolute Gasteiger partial charge is 0.264 e. The summed E-state index contributed by atoms with van der Waals surface area (Å²) in [6.07, 6.45) is 1.43. The van der Waals surface area contributed by atoms with Crippen molar-refractivity contribution in [2.75, 3.05) is 25.1 Å². The number of sulfonamides is 1. The molecule has 35 heavy (non-hydrogen) atoms. The lowest BCUT2D eigenvalue weighted by atomic mass is 10.1. The van der Waals surface area contributed by atoms with E-state index in [1.54, 1.807) is 42.5 Å². The Morgan fingerprint density at radius 1 is 1.03 bits per heavy atom. The summed E-state index contributed by atoms with van der Waals surface area (Å²) in [5.74, 6) is 0.423. The van der Waals surface area contributed by atoms with Crippen LogP contribution >= 0.6 is 15.9 Å². The average Bonchev–Trinajstić information content (AvgIpc) is 2.84. The largest absolute Gasteiger partial charge is 0.493 e. The fourth-order valence-electron chi connectivity index (χ4n) is 3.27. The third kappa shape index (κ3) is 6.20. The number of halogens is 1. The molecule has 0 heterocycles. The van der Waals surface area contributed by atoms with E-state index in [-0.39, 0.29) is 4.90 Å². The van der Waals surface area contributed by atoms with Crippen molar-refractivity contribution in [3.8, 4) is 11.5 Å². The molecule has 0 fully saturated rings. The minimum atomic E-state index is -3.99. The van der Waals surface area contributed by atoms with E-state index in [9.17, 15) is 13.2 Å². The molecule has 3 rings (SSSR count). The highest BCUT2D eigenvalue weighted by molar-refractivity contribution is 9.10. The summed E-state index contributed by atoms with van der Waals surface area (Å²) >= 11 is 3.41. The second kappa shape index (κ2) is 11.4. The van der Waals surface area contributed by atoms with Crippen LogP contribution in [-0.2, 0) is 14.8 Å². The number of ether oxygens (including phenoxy) is 2. The Balaban J connectivity index is 1.85. The Hall–Kier alpha value is -3.37. The van der Waals surface area contributed by atoms with Crippen molar-refractivity contribution in [1.82, 2.24) is 5.43 Å². The maximum atomic E-state index is 13.4. The Morgan fingerprint density at radius 3 is 2.37 bits per heavy atom. The summed E-state index contributed by atoms with van der Waals surface area (Å²) < 4.78 is 39.1. The predicted molar refractivity (Wildman–Crippen MR) is 140 cm³/mol. The number of benzene rings is 3. The number of hydrogen-bond acceptors (Lipinski definition) is 6. The van der Waals surface area contributed by atoms with Gasteiger partial charge in [0, 0.05) is 0 Å². The van der Waals surface area contributed by atoms with E-state index in [4.69, 9.17) is 9.47 Å². The monoisotopic (exact) mass is 559 g/mol. The lowest BCUT2D eigenvalue weighted by Gasteiger charge is -2.24. The van der Waals surface area contributed by atoms with Crippen molar-refractivity contribution in [1.29, 1.82) is 0 Å². The average molecular weight is 560 g/mol. The summed E-state index contributed by atoms with van der Waals surface area (Å²) in [6.45, 7) is 3.37. The number of hydrazone groups is 1. The van der Waals surface area contributed by atoms with E-state index in [0.29, 0.717) is 27.2 Å². The van der Waals surface area contributed by atoms with Gasteiger partial charge in [0.2, 0.25) is 0 Å². The van der Waals surface area contributed by atoms with Crippen LogP contribution in [0.5, 0.6) is 11.5 Å². The Morgan fingerprint density at radius 2 is 1.74 bits per heavy atom. The standard InChI is InChI=1S/C25H26BrN3O5S/c1-17-10-11-20(12-18(17)2)29(35(31,32)21-8-6-5-7-9-21)16-24(30)28-27-15-19-13-22(26)25(34-4)23(14-19)33-3/h5-15H,16H2,1-4H3,(H,28,30)/b27-15-. The van der Waals surface area contributed by atoms with Crippen LogP contribution in [0, 0.1) is 13.8 Å². The molecule has 1 N–H and O–H groups in total. The van der Waals surface area contributed by atoms with Gasteiger partial charge < -0.3 is 9.47 Å². The number of rotatable bonds is 9. The van der Waals surface area contributed by atoms with Gasteiger partial charge in [0.05, 0.1) is 35.5 Å². The zero-order valence-electron chi connectivity index (χ0n) is 19.8. The van der Waals surface area contributed by atoms with E-state index in [1.807, 2.05) is 19.9 Å². The van der Waals surface area contributed by atoms with Crippen LogP contribution in [0.25, 0.3) is 0 Å². The van der Waals surface area contributed by atoms with Gasteiger partial charge in [-0.25, -0.2) is 13.8 Å². The molecule has 0 bridgehead atoms. The molecule has 0 unspecified atom stereocenters. The Kier molecular flexibility index (Phi) is 8.52. The van der Waals surface area contributed by atoms with E-state index in [1.165, 1.54) is 32.6 Å². The lowest BCUT2D eigenvalue weighted by molar-refractivity contribution is -0.119. The molecule has 0 aliphatic carbocycles. The van der Waals surface area contributed by atoms with Gasteiger partial charge in [0.15, 0.2) is 11.5 Å². The maximum absolute atomic E-state index is 13.4. The molecule has 0 radical (unpaired) electrons. The van der Waals surface area contributed by atoms with Gasteiger partial charge in [-0.05, 0) is 82.9 Å². The zero-order valence-corrected chi connectivity index (χ0v) is 22.2. The first-order chi connectivity index (χ1) is 16.7. The van der Waals surface area contributed by atoms with Crippen LogP contribution in [0.3, 0.4) is 0 Å². The number of nitrogens with zero attached hydrogens (tertiary/aromatic N) is 2. The van der Waals surface area contributed by atoms with Crippen LogP contribution in [0.4, 0.5) is 5.69 Å². The first kappa shape index (κ1) is 26.2. The molecule has 8 nitrogen and oxygen atoms in total. The van der Waals surface area contributed by atoms with Crippen molar-refractivity contribution >= 4 is 43.8 Å². The van der Waals surface area contributed by atoms with Gasteiger partial charge in [-0.3, -0.25) is 9.10 Å². The number of anilines is 1. The molecule has 0 saturated carbocycles. The van der Waals surface area contributed by atoms with Gasteiger partial charge in [-0.2, -0.15) is 5.10 Å². The van der Waals surface area contributed by atoms with Crippen LogP contribution in [0.2, 0.25) is 0 Å². The normalized spacial score (nSPS) is 11.3. The first-order valence-corrected chi connectivity index (χ1v) is 12.8. The highest BCUT2D eigenvalue weighted by atomic mass is 79.9. The van der Waals surface area contributed by atoms with Crippen molar-refractivity contribution in [2.45, 2.75) is 18.7 Å². The zero-order chi connectivity index (χ0) is 25.6. The minimum Gasteiger partial charge on any atom is -0.493 e. The number of methoxy groups -OCH3 is 2. The summed E-state index contributed by atoms with van der Waals surface area (Å²) in [7, 11) is -0.950. The summed E-state index contributed by atoms with van der Waals surface area (Å²) in [6, 6.07) is 16.7. The molecule has 0 saturated heterocycles. The third-order valence-corrected chi connectivity index (χ3v) is 7.63. The van der Waals surface area contributed by atoms with Crippen LogP contribution in [-0.4, -0.2) is 41.3 Å². The number of carbonyl (C=O) groups excluding carboxylic acids is 1. The molecule has 3 aromatic rings. The second-order valence-corrected chi connectivity index (χ2v) is 10.3. The molecule has 1 amide bonds. The molecule has 0 spiro atoms. The molecule has 184 valence electrons. The minimum absolute atomic E-state index is 0.0877. The Labute approximate surface area is 213 Å². The number of carbonyl (C=O) groups is 1. The van der Waals surface area contributed by atoms with Crippen molar-refractivity contribution in [3.05, 3.63) is 81.8 Å². The summed E-state index contributed by atoms with van der Waals surface area (Å²) in [5.41, 5.74) is 5.35. The SMILES string of the molecule is COc1cc(/C=N\NC(=O)CN(c2ccc(C)c(C)c2)S(=O)(=O)c2ccccc2)cc(Br)c1OC. The third-order valence-electron chi connectivity index (χ3n) is 5.26. The van der Waals surface area contributed by atoms with Gasteiger partial charge in [0.1, 0.15) is 6.54 Å². The summed E-state index contributed by atoms with van der Waals surface area (Å²) in [5, 5.41) is 3.98. The highest BCUT2D eigenvalue weighted by Gasteiger charge is 2.27. The number of nitrogens with one attached hydrogen (secondary N) is 1. The number of hydrogen-bond donors (Lipinski definition) is 1. The Bertz CT molecular complexity index is 1340. The molecule has 0 aliphatic rings. The van der Waals surface area contributed by atoms with Crippen LogP contribution in [0.1, 0.15) is 16.7 Å². The summed E-state index contributed by atoms with van der Waals surface area (Å²) in [4.78, 5) is 12.8. The molecule has 10 heteroatoms. The van der Waals surface area contributed by atoms with Gasteiger partial charge in [0.25, 0.3) is 15.9 Å². The molecule has 0 aromatic heterocycles. The van der Waals surface area contributed by atoms with Gasteiger partial charge in [-0.15, -0.1) is 0 Å². The fourth-order valence-corrected chi connectivity index (χ4v) is 5.33. The highest BCUT2D eigenvalue weighted by Crippen LogP contribution is 2.35. The van der Waals surface area contributed by atoms with Gasteiger partial charge in [-0.1, -0.05) is 24.3 Å². The molecule has 0 atom stereocenters. The number of aryl methyl sites for hydroxylation is 2. The van der Waals surface area contributed by atoms with Gasteiger partial charge >= 0.3 is 0 Å². The molecular formula is C25H26BrN3O5S. The van der Waals surface area contributed by atoms with Crippen LogP contribution < -0.4 is 19.2 Å². The number of amides is 1. The quantitative estimate of drug-likeness (QED) is 0.309. The molecule has 3 aromatic carbocycles. The van der Waals surface area contributed by atoms with Crippen molar-refractivity contribution < 1.29 is 22.7 Å². The lowest BCUT2D eigenvalue weighted by Crippen LogP contribution is -2.39. The van der Waals surface area contributed by atoms with E-state index in [0.717, 1.165) is 15.4 Å². The molecule has 0 aliphatic heterocycles. The first-order valence-electron chi connectivity index (χ1n) is 10.6. The second-order valence-electron chi connectivity index (χ2n) is 7.62. The van der Waals surface area contributed by atoms with Crippen LogP contribution in [0.15, 0.2) is 75.1 Å². The van der Waals surface area contributed by atoms with E-state index < -0.39 is 22.5 Å². The predicted octanol–water partition coefficient (Wildman–Crippen LogP) is 4.43. The van der Waals surface area contributed by atoms with E-state index >= 15 is 0 Å². The molecular weight excluding hydrogens is 534 g/mol. The van der Waals surface area contributed by atoms with Crippen molar-refractivity contribution in [3.63, 3.8) is 0 Å². The van der Waals surface area contributed by atoms with E-state index in [2.05, 4.69) is 26.5 Å². The topological polar surface area (TPSA) is 97.3 Å².